The van der Waals surface area contributed by atoms with Crippen molar-refractivity contribution in [2.75, 3.05) is 18.0 Å². The molecule has 1 aliphatic carbocycles. The molecule has 0 aromatic carbocycles. The van der Waals surface area contributed by atoms with E-state index >= 15 is 0 Å². The minimum absolute atomic E-state index is 0.0452. The molecule has 2 aliphatic rings. The highest BCUT2D eigenvalue weighted by molar-refractivity contribution is 5.42. The maximum atomic E-state index is 12.6. The van der Waals surface area contributed by atoms with Crippen LogP contribution in [0.3, 0.4) is 0 Å². The van der Waals surface area contributed by atoms with Crippen molar-refractivity contribution in [3.63, 3.8) is 0 Å². The second kappa shape index (κ2) is 4.37. The average molecular weight is 271 g/mol. The van der Waals surface area contributed by atoms with E-state index < -0.39 is 11.9 Å². The lowest BCUT2D eigenvalue weighted by atomic mass is 9.99. The van der Waals surface area contributed by atoms with Gasteiger partial charge in [-0.1, -0.05) is 6.07 Å². The minimum atomic E-state index is -4.40. The molecule has 1 saturated heterocycles. The van der Waals surface area contributed by atoms with Gasteiger partial charge in [-0.15, -0.1) is 0 Å². The first-order chi connectivity index (χ1) is 8.95. The van der Waals surface area contributed by atoms with E-state index in [4.69, 9.17) is 5.73 Å². The molecule has 1 aromatic rings. The summed E-state index contributed by atoms with van der Waals surface area (Å²) in [7, 11) is 0. The number of pyridine rings is 1. The van der Waals surface area contributed by atoms with Gasteiger partial charge in [0.25, 0.3) is 0 Å². The van der Waals surface area contributed by atoms with E-state index in [0.29, 0.717) is 24.2 Å². The van der Waals surface area contributed by atoms with Gasteiger partial charge >= 0.3 is 6.18 Å². The van der Waals surface area contributed by atoms with Crippen molar-refractivity contribution in [3.8, 4) is 0 Å². The Morgan fingerprint density at radius 3 is 2.58 bits per heavy atom. The van der Waals surface area contributed by atoms with Crippen molar-refractivity contribution in [1.29, 1.82) is 0 Å². The fraction of sp³-hybridized carbons (Fsp3) is 0.615. The first-order valence-electron chi connectivity index (χ1n) is 6.50. The summed E-state index contributed by atoms with van der Waals surface area (Å²) in [4.78, 5) is 5.60. The summed E-state index contributed by atoms with van der Waals surface area (Å²) >= 11 is 0. The standard InChI is InChI=1S/C13H16F3N3/c14-13(15,16)11-2-1-3-12(18-11)19-6-9(8-4-5-8)10(17)7-19/h1-3,8-10H,4-7,17H2/t9-,10+/m1/s1. The zero-order valence-corrected chi connectivity index (χ0v) is 10.4. The zero-order valence-electron chi connectivity index (χ0n) is 10.4. The van der Waals surface area contributed by atoms with Crippen LogP contribution in [0.15, 0.2) is 18.2 Å². The topological polar surface area (TPSA) is 42.1 Å². The first kappa shape index (κ1) is 12.7. The molecule has 0 amide bonds. The number of hydrogen-bond acceptors (Lipinski definition) is 3. The van der Waals surface area contributed by atoms with Gasteiger partial charge in [-0.25, -0.2) is 4.98 Å². The van der Waals surface area contributed by atoms with Crippen LogP contribution in [0.1, 0.15) is 18.5 Å². The van der Waals surface area contributed by atoms with Crippen LogP contribution in [0.4, 0.5) is 19.0 Å². The summed E-state index contributed by atoms with van der Waals surface area (Å²) in [6.45, 7) is 1.32. The molecule has 2 heterocycles. The molecule has 6 heteroatoms. The second-order valence-corrected chi connectivity index (χ2v) is 5.45. The van der Waals surface area contributed by atoms with Crippen LogP contribution in [0.2, 0.25) is 0 Å². The van der Waals surface area contributed by atoms with Crippen LogP contribution in [0.25, 0.3) is 0 Å². The predicted octanol–water partition coefficient (Wildman–Crippen LogP) is 2.27. The summed E-state index contributed by atoms with van der Waals surface area (Å²) in [5.74, 6) is 1.44. The summed E-state index contributed by atoms with van der Waals surface area (Å²) in [6.07, 6.45) is -2.00. The Labute approximate surface area is 109 Å². The molecule has 104 valence electrons. The summed E-state index contributed by atoms with van der Waals surface area (Å²) in [5, 5.41) is 0. The number of nitrogens with two attached hydrogens (primary N) is 1. The number of halogens is 3. The molecular weight excluding hydrogens is 255 g/mol. The molecule has 2 N–H and O–H groups in total. The number of alkyl halides is 3. The Balaban J connectivity index is 1.79. The Morgan fingerprint density at radius 1 is 1.21 bits per heavy atom. The van der Waals surface area contributed by atoms with Gasteiger partial charge in [0.2, 0.25) is 0 Å². The van der Waals surface area contributed by atoms with Gasteiger partial charge in [0, 0.05) is 19.1 Å². The maximum absolute atomic E-state index is 12.6. The van der Waals surface area contributed by atoms with Crippen LogP contribution >= 0.6 is 0 Å². The molecule has 1 saturated carbocycles. The van der Waals surface area contributed by atoms with Crippen molar-refractivity contribution in [3.05, 3.63) is 23.9 Å². The van der Waals surface area contributed by atoms with Gasteiger partial charge in [-0.3, -0.25) is 0 Å². The molecule has 2 fully saturated rings. The molecule has 0 unspecified atom stereocenters. The molecule has 0 bridgehead atoms. The van der Waals surface area contributed by atoms with Crippen LogP contribution in [0.5, 0.6) is 0 Å². The maximum Gasteiger partial charge on any atom is 0.433 e. The molecule has 3 nitrogen and oxygen atoms in total. The molecule has 1 aromatic heterocycles. The number of nitrogens with zero attached hydrogens (tertiary/aromatic N) is 2. The van der Waals surface area contributed by atoms with E-state index in [1.54, 1.807) is 6.07 Å². The Kier molecular flexibility index (Phi) is 2.92. The average Bonchev–Trinajstić information content (AvgIpc) is 3.12. The van der Waals surface area contributed by atoms with E-state index in [1.165, 1.54) is 18.9 Å². The third-order valence-corrected chi connectivity index (χ3v) is 3.99. The Bertz CT molecular complexity index is 470. The van der Waals surface area contributed by atoms with Gasteiger partial charge in [-0.2, -0.15) is 13.2 Å². The summed E-state index contributed by atoms with van der Waals surface area (Å²) in [6, 6.07) is 4.07. The van der Waals surface area contributed by atoms with Crippen molar-refractivity contribution in [2.24, 2.45) is 17.6 Å². The first-order valence-corrected chi connectivity index (χ1v) is 6.50. The fourth-order valence-corrected chi connectivity index (χ4v) is 2.82. The van der Waals surface area contributed by atoms with Crippen molar-refractivity contribution < 1.29 is 13.2 Å². The lowest BCUT2D eigenvalue weighted by Gasteiger charge is -2.18. The Hall–Kier alpha value is -1.30. The third-order valence-electron chi connectivity index (χ3n) is 3.99. The number of aromatic nitrogens is 1. The predicted molar refractivity (Wildman–Crippen MR) is 65.6 cm³/mol. The minimum Gasteiger partial charge on any atom is -0.355 e. The van der Waals surface area contributed by atoms with Crippen LogP contribution in [-0.4, -0.2) is 24.1 Å². The van der Waals surface area contributed by atoms with Crippen LogP contribution in [-0.2, 0) is 6.18 Å². The lowest BCUT2D eigenvalue weighted by molar-refractivity contribution is -0.141. The molecule has 19 heavy (non-hydrogen) atoms. The fourth-order valence-electron chi connectivity index (χ4n) is 2.82. The lowest BCUT2D eigenvalue weighted by Crippen LogP contribution is -2.30. The number of rotatable bonds is 2. The highest BCUT2D eigenvalue weighted by Gasteiger charge is 2.41. The van der Waals surface area contributed by atoms with E-state index in [2.05, 4.69) is 4.98 Å². The van der Waals surface area contributed by atoms with Crippen LogP contribution < -0.4 is 10.6 Å². The van der Waals surface area contributed by atoms with E-state index in [0.717, 1.165) is 12.6 Å². The monoisotopic (exact) mass is 271 g/mol. The molecule has 3 rings (SSSR count). The normalized spacial score (nSPS) is 27.9. The van der Waals surface area contributed by atoms with Crippen LogP contribution in [0, 0.1) is 11.8 Å². The van der Waals surface area contributed by atoms with Gasteiger partial charge in [0.1, 0.15) is 11.5 Å². The third kappa shape index (κ3) is 2.54. The second-order valence-electron chi connectivity index (χ2n) is 5.45. The molecular formula is C13H16F3N3. The van der Waals surface area contributed by atoms with Crippen molar-refractivity contribution in [2.45, 2.75) is 25.1 Å². The SMILES string of the molecule is N[C@H]1CN(c2cccc(C(F)(F)F)n2)C[C@@H]1C1CC1. The number of hydrogen-bond donors (Lipinski definition) is 1. The summed E-state index contributed by atoms with van der Waals surface area (Å²) in [5.41, 5.74) is 5.24. The van der Waals surface area contributed by atoms with Gasteiger partial charge in [0.15, 0.2) is 0 Å². The van der Waals surface area contributed by atoms with Crippen molar-refractivity contribution in [1.82, 2.24) is 4.98 Å². The van der Waals surface area contributed by atoms with E-state index in [9.17, 15) is 13.2 Å². The van der Waals surface area contributed by atoms with Gasteiger partial charge in [0.05, 0.1) is 0 Å². The quantitative estimate of drug-likeness (QED) is 0.897. The molecule has 0 radical (unpaired) electrons. The highest BCUT2D eigenvalue weighted by atomic mass is 19.4. The zero-order chi connectivity index (χ0) is 13.6. The molecule has 0 spiro atoms. The largest absolute Gasteiger partial charge is 0.433 e. The highest BCUT2D eigenvalue weighted by Crippen LogP contribution is 2.41. The molecule has 1 aliphatic heterocycles. The summed E-state index contributed by atoms with van der Waals surface area (Å²) < 4.78 is 37.9. The van der Waals surface area contributed by atoms with E-state index in [1.807, 2.05) is 4.90 Å². The van der Waals surface area contributed by atoms with E-state index in [-0.39, 0.29) is 6.04 Å². The van der Waals surface area contributed by atoms with Gasteiger partial charge < -0.3 is 10.6 Å². The smallest absolute Gasteiger partial charge is 0.355 e. The van der Waals surface area contributed by atoms with Gasteiger partial charge in [-0.05, 0) is 36.8 Å². The number of anilines is 1. The van der Waals surface area contributed by atoms with Crippen molar-refractivity contribution >= 4 is 5.82 Å². The Morgan fingerprint density at radius 2 is 1.95 bits per heavy atom. The molecule has 2 atom stereocenters.